The molecule has 1 aliphatic heterocycles. The van der Waals surface area contributed by atoms with Crippen LogP contribution >= 0.6 is 0 Å². The maximum absolute atomic E-state index is 12.8. The van der Waals surface area contributed by atoms with Gasteiger partial charge in [-0.15, -0.1) is 0 Å². The Bertz CT molecular complexity index is 823. The second-order valence-corrected chi connectivity index (χ2v) is 6.92. The molecule has 3 heterocycles. The number of hydrogen-bond acceptors (Lipinski definition) is 2. The number of hydrogen-bond donors (Lipinski definition) is 1. The van der Waals surface area contributed by atoms with Crippen LogP contribution in [-0.2, 0) is 7.05 Å². The molecule has 0 atom stereocenters. The zero-order chi connectivity index (χ0) is 18.3. The number of nitrogens with zero attached hydrogens (tertiary/aromatic N) is 3. The van der Waals surface area contributed by atoms with Crippen LogP contribution in [0.1, 0.15) is 43.5 Å². The summed E-state index contributed by atoms with van der Waals surface area (Å²) in [7, 11) is 1.97. The van der Waals surface area contributed by atoms with Gasteiger partial charge in [0, 0.05) is 56.0 Å². The lowest BCUT2D eigenvalue weighted by molar-refractivity contribution is 0.0534. The molecule has 0 bridgehead atoms. The summed E-state index contributed by atoms with van der Waals surface area (Å²) >= 11 is 0. The molecule has 0 saturated carbocycles. The molecule has 0 aliphatic carbocycles. The molecule has 1 aliphatic rings. The van der Waals surface area contributed by atoms with Crippen LogP contribution in [-0.4, -0.2) is 57.3 Å². The molecule has 25 heavy (non-hydrogen) atoms. The fourth-order valence-corrected chi connectivity index (χ4v) is 3.47. The summed E-state index contributed by atoms with van der Waals surface area (Å²) < 4.78 is 2.03. The zero-order valence-electron chi connectivity index (χ0n) is 15.6. The predicted molar refractivity (Wildman–Crippen MR) is 97.0 cm³/mol. The van der Waals surface area contributed by atoms with Crippen LogP contribution in [0.4, 0.5) is 0 Å². The van der Waals surface area contributed by atoms with E-state index >= 15 is 0 Å². The SMILES string of the molecule is Cc1cc(C(=O)N2CCN(C(=O)c3cc(C)n(C)c3C)CC2)c(C)[nH]1. The van der Waals surface area contributed by atoms with Crippen LogP contribution < -0.4 is 0 Å². The Morgan fingerprint density at radius 3 is 1.80 bits per heavy atom. The smallest absolute Gasteiger partial charge is 0.255 e. The molecule has 0 radical (unpaired) electrons. The average molecular weight is 342 g/mol. The number of H-pyrrole nitrogens is 1. The Kier molecular flexibility index (Phi) is 4.45. The fraction of sp³-hybridized carbons (Fsp3) is 0.474. The third-order valence-electron chi connectivity index (χ3n) is 5.24. The van der Waals surface area contributed by atoms with Gasteiger partial charge < -0.3 is 19.4 Å². The van der Waals surface area contributed by atoms with Crippen molar-refractivity contribution in [3.05, 3.63) is 46.0 Å². The van der Waals surface area contributed by atoms with Crippen LogP contribution in [0.2, 0.25) is 0 Å². The van der Waals surface area contributed by atoms with E-state index in [1.165, 1.54) is 0 Å². The van der Waals surface area contributed by atoms with Gasteiger partial charge in [-0.2, -0.15) is 0 Å². The van der Waals surface area contributed by atoms with E-state index in [9.17, 15) is 9.59 Å². The fourth-order valence-electron chi connectivity index (χ4n) is 3.47. The van der Waals surface area contributed by atoms with E-state index in [0.717, 1.165) is 33.9 Å². The lowest BCUT2D eigenvalue weighted by Gasteiger charge is -2.34. The van der Waals surface area contributed by atoms with E-state index in [1.54, 1.807) is 0 Å². The molecular formula is C19H26N4O2. The second kappa shape index (κ2) is 6.43. The van der Waals surface area contributed by atoms with Gasteiger partial charge in [-0.25, -0.2) is 0 Å². The molecule has 2 amide bonds. The van der Waals surface area contributed by atoms with Gasteiger partial charge in [0.2, 0.25) is 0 Å². The lowest BCUT2D eigenvalue weighted by Crippen LogP contribution is -2.50. The summed E-state index contributed by atoms with van der Waals surface area (Å²) in [6, 6.07) is 3.84. The summed E-state index contributed by atoms with van der Waals surface area (Å²) in [6.45, 7) is 10.1. The molecule has 6 nitrogen and oxygen atoms in total. The molecule has 1 fully saturated rings. The van der Waals surface area contributed by atoms with Crippen molar-refractivity contribution in [3.8, 4) is 0 Å². The van der Waals surface area contributed by atoms with E-state index in [1.807, 2.05) is 61.2 Å². The molecule has 2 aromatic heterocycles. The Morgan fingerprint density at radius 2 is 1.40 bits per heavy atom. The minimum atomic E-state index is 0.0423. The van der Waals surface area contributed by atoms with Crippen molar-refractivity contribution in [2.45, 2.75) is 27.7 Å². The van der Waals surface area contributed by atoms with Crippen LogP contribution in [0.5, 0.6) is 0 Å². The van der Waals surface area contributed by atoms with Gasteiger partial charge in [-0.3, -0.25) is 9.59 Å². The summed E-state index contributed by atoms with van der Waals surface area (Å²) in [5.41, 5.74) is 5.44. The van der Waals surface area contributed by atoms with Gasteiger partial charge in [0.1, 0.15) is 0 Å². The predicted octanol–water partition coefficient (Wildman–Crippen LogP) is 2.19. The lowest BCUT2D eigenvalue weighted by atomic mass is 10.1. The number of aromatic nitrogens is 2. The molecule has 1 saturated heterocycles. The molecule has 0 unspecified atom stereocenters. The van der Waals surface area contributed by atoms with Crippen molar-refractivity contribution in [2.75, 3.05) is 26.2 Å². The second-order valence-electron chi connectivity index (χ2n) is 6.92. The molecule has 134 valence electrons. The molecule has 0 spiro atoms. The number of nitrogens with one attached hydrogen (secondary N) is 1. The van der Waals surface area contributed by atoms with Crippen molar-refractivity contribution < 1.29 is 9.59 Å². The van der Waals surface area contributed by atoms with Crippen LogP contribution in [0.3, 0.4) is 0 Å². The Morgan fingerprint density at radius 1 is 0.880 bits per heavy atom. The van der Waals surface area contributed by atoms with Crippen molar-refractivity contribution >= 4 is 11.8 Å². The molecule has 0 aromatic carbocycles. The van der Waals surface area contributed by atoms with Gasteiger partial charge in [0.25, 0.3) is 11.8 Å². The first-order chi connectivity index (χ1) is 11.8. The molecule has 6 heteroatoms. The maximum atomic E-state index is 12.8. The number of piperazine rings is 1. The maximum Gasteiger partial charge on any atom is 0.255 e. The largest absolute Gasteiger partial charge is 0.362 e. The first kappa shape index (κ1) is 17.3. The quantitative estimate of drug-likeness (QED) is 0.909. The molecule has 3 rings (SSSR count). The number of aromatic amines is 1. The number of carbonyl (C=O) groups is 2. The Labute approximate surface area is 148 Å². The van der Waals surface area contributed by atoms with E-state index in [0.29, 0.717) is 26.2 Å². The monoisotopic (exact) mass is 342 g/mol. The molecule has 1 N–H and O–H groups in total. The minimum absolute atomic E-state index is 0.0423. The van der Waals surface area contributed by atoms with Gasteiger partial charge >= 0.3 is 0 Å². The summed E-state index contributed by atoms with van der Waals surface area (Å²) in [5, 5.41) is 0. The van der Waals surface area contributed by atoms with Crippen molar-refractivity contribution in [1.82, 2.24) is 19.4 Å². The van der Waals surface area contributed by atoms with Crippen LogP contribution in [0.25, 0.3) is 0 Å². The van der Waals surface area contributed by atoms with E-state index < -0.39 is 0 Å². The summed E-state index contributed by atoms with van der Waals surface area (Å²) in [5.74, 6) is 0.0997. The summed E-state index contributed by atoms with van der Waals surface area (Å²) in [4.78, 5) is 32.3. The van der Waals surface area contributed by atoms with Crippen molar-refractivity contribution in [1.29, 1.82) is 0 Å². The van der Waals surface area contributed by atoms with E-state index in [2.05, 4.69) is 4.98 Å². The van der Waals surface area contributed by atoms with Crippen LogP contribution in [0.15, 0.2) is 12.1 Å². The standard InChI is InChI=1S/C19H26N4O2/c1-12-10-16(14(3)20-12)18(24)22-6-8-23(9-7-22)19(25)17-11-13(2)21(5)15(17)4/h10-11,20H,6-9H2,1-5H3. The molecular weight excluding hydrogens is 316 g/mol. The van der Waals surface area contributed by atoms with Crippen LogP contribution in [0, 0.1) is 27.7 Å². The zero-order valence-corrected chi connectivity index (χ0v) is 15.6. The first-order valence-corrected chi connectivity index (χ1v) is 8.67. The topological polar surface area (TPSA) is 61.3 Å². The Balaban J connectivity index is 1.67. The summed E-state index contributed by atoms with van der Waals surface area (Å²) in [6.07, 6.45) is 0. The van der Waals surface area contributed by atoms with Gasteiger partial charge in [-0.1, -0.05) is 0 Å². The van der Waals surface area contributed by atoms with Gasteiger partial charge in [-0.05, 0) is 39.8 Å². The molecule has 2 aromatic rings. The third kappa shape index (κ3) is 3.08. The first-order valence-electron chi connectivity index (χ1n) is 8.67. The number of amides is 2. The minimum Gasteiger partial charge on any atom is -0.362 e. The van der Waals surface area contributed by atoms with E-state index in [4.69, 9.17) is 0 Å². The van der Waals surface area contributed by atoms with Gasteiger partial charge in [0.15, 0.2) is 0 Å². The van der Waals surface area contributed by atoms with Crippen molar-refractivity contribution in [3.63, 3.8) is 0 Å². The van der Waals surface area contributed by atoms with Crippen molar-refractivity contribution in [2.24, 2.45) is 7.05 Å². The third-order valence-corrected chi connectivity index (χ3v) is 5.24. The Hall–Kier alpha value is -2.50. The highest BCUT2D eigenvalue weighted by Gasteiger charge is 2.28. The van der Waals surface area contributed by atoms with E-state index in [-0.39, 0.29) is 11.8 Å². The number of carbonyl (C=O) groups excluding carboxylic acids is 2. The normalized spacial score (nSPS) is 14.9. The number of aryl methyl sites for hydroxylation is 3. The highest BCUT2D eigenvalue weighted by Crippen LogP contribution is 2.18. The highest BCUT2D eigenvalue weighted by atomic mass is 16.2. The average Bonchev–Trinajstić information content (AvgIpc) is 3.07. The number of rotatable bonds is 2. The van der Waals surface area contributed by atoms with Gasteiger partial charge in [0.05, 0.1) is 11.1 Å². The highest BCUT2D eigenvalue weighted by molar-refractivity contribution is 5.97.